The van der Waals surface area contributed by atoms with Gasteiger partial charge in [-0.2, -0.15) is 0 Å². The van der Waals surface area contributed by atoms with Crippen molar-refractivity contribution in [1.29, 1.82) is 0 Å². The van der Waals surface area contributed by atoms with Crippen molar-refractivity contribution in [2.45, 2.75) is 26.4 Å². The summed E-state index contributed by atoms with van der Waals surface area (Å²) in [5.41, 5.74) is 1.78. The maximum Gasteiger partial charge on any atom is 0.156 e. The summed E-state index contributed by atoms with van der Waals surface area (Å²) in [5, 5.41) is 10.4. The molecule has 2 aliphatic heterocycles. The van der Waals surface area contributed by atoms with Crippen LogP contribution in [0.1, 0.15) is 19.4 Å². The summed E-state index contributed by atoms with van der Waals surface area (Å²) in [6, 6.07) is 5.12. The van der Waals surface area contributed by atoms with E-state index in [0.717, 1.165) is 31.0 Å². The highest BCUT2D eigenvalue weighted by Crippen LogP contribution is 2.26. The molecule has 0 amide bonds. The van der Waals surface area contributed by atoms with Crippen molar-refractivity contribution in [2.24, 2.45) is 0 Å². The van der Waals surface area contributed by atoms with Crippen LogP contribution in [0, 0.1) is 5.82 Å². The summed E-state index contributed by atoms with van der Waals surface area (Å²) in [6.45, 7) is 7.31. The molecule has 0 unspecified atom stereocenters. The Morgan fingerprint density at radius 2 is 2.04 bits per heavy atom. The van der Waals surface area contributed by atoms with Crippen LogP contribution in [0.3, 0.4) is 0 Å². The average Bonchev–Trinajstić information content (AvgIpc) is 2.51. The average molecular weight is 338 g/mol. The zero-order chi connectivity index (χ0) is 16.6. The van der Waals surface area contributed by atoms with Crippen LogP contribution in [0.4, 0.5) is 4.39 Å². The molecule has 2 heterocycles. The summed E-state index contributed by atoms with van der Waals surface area (Å²) in [5.74, 6) is -0.119. The molecule has 0 spiro atoms. The molecule has 3 rings (SSSR count). The van der Waals surface area contributed by atoms with Gasteiger partial charge in [-0.05, 0) is 31.5 Å². The molecule has 0 saturated carbocycles. The summed E-state index contributed by atoms with van der Waals surface area (Å²) in [6.07, 6.45) is 3.76. The number of hydrogen-bond acceptors (Lipinski definition) is 4. The number of aliphatic hydroxyl groups is 1. The fourth-order valence-electron chi connectivity index (χ4n) is 2.83. The largest absolute Gasteiger partial charge is 0.504 e. The Bertz CT molecular complexity index is 659. The van der Waals surface area contributed by atoms with Gasteiger partial charge >= 0.3 is 0 Å². The third-order valence-electron chi connectivity index (χ3n) is 4.22. The van der Waals surface area contributed by atoms with Gasteiger partial charge in [0.15, 0.2) is 5.76 Å². The van der Waals surface area contributed by atoms with Gasteiger partial charge < -0.3 is 19.8 Å². The van der Waals surface area contributed by atoms with Gasteiger partial charge in [0.2, 0.25) is 0 Å². The SMILES string of the molecule is CC(C)N1C=C(O)C2=CN(Cc3ccc(F)c(Cl)c3)CCN2C1. The first kappa shape index (κ1) is 16.0. The van der Waals surface area contributed by atoms with Crippen molar-refractivity contribution >= 4 is 11.6 Å². The molecule has 2 aliphatic rings. The number of fused-ring (bicyclic) bond motifs is 1. The van der Waals surface area contributed by atoms with Crippen LogP contribution < -0.4 is 0 Å². The van der Waals surface area contributed by atoms with Gasteiger partial charge in [0.1, 0.15) is 5.82 Å². The molecule has 0 fully saturated rings. The maximum absolute atomic E-state index is 13.2. The predicted octanol–water partition coefficient (Wildman–Crippen LogP) is 3.52. The van der Waals surface area contributed by atoms with Crippen LogP contribution in [-0.4, -0.2) is 45.6 Å². The third-order valence-corrected chi connectivity index (χ3v) is 4.51. The van der Waals surface area contributed by atoms with E-state index in [2.05, 4.69) is 28.5 Å². The molecule has 0 atom stereocenters. The number of aliphatic hydroxyl groups excluding tert-OH is 1. The number of hydrogen-bond donors (Lipinski definition) is 1. The molecule has 1 N–H and O–H groups in total. The van der Waals surface area contributed by atoms with E-state index in [1.807, 2.05) is 6.20 Å². The smallest absolute Gasteiger partial charge is 0.156 e. The highest BCUT2D eigenvalue weighted by Gasteiger charge is 2.27. The lowest BCUT2D eigenvalue weighted by Gasteiger charge is -2.43. The zero-order valence-electron chi connectivity index (χ0n) is 13.3. The Labute approximate surface area is 141 Å². The standard InChI is InChI=1S/C17H21ClFN3O/c1-12(2)22-10-17(23)16-9-20(5-6-21(16)11-22)8-13-3-4-15(19)14(18)7-13/h3-4,7,9-10,12,23H,5-6,8,11H2,1-2H3. The Morgan fingerprint density at radius 1 is 1.26 bits per heavy atom. The number of nitrogens with zero attached hydrogens (tertiary/aromatic N) is 3. The van der Waals surface area contributed by atoms with Crippen molar-refractivity contribution in [3.8, 4) is 0 Å². The number of halogens is 2. The molecule has 0 aromatic heterocycles. The first-order valence-electron chi connectivity index (χ1n) is 7.75. The molecule has 1 aromatic rings. The van der Waals surface area contributed by atoms with Crippen molar-refractivity contribution in [2.75, 3.05) is 19.8 Å². The van der Waals surface area contributed by atoms with Crippen molar-refractivity contribution in [3.63, 3.8) is 0 Å². The summed E-state index contributed by atoms with van der Waals surface area (Å²) in [4.78, 5) is 6.40. The topological polar surface area (TPSA) is 30.0 Å². The molecule has 0 radical (unpaired) electrons. The molecule has 1 aromatic carbocycles. The van der Waals surface area contributed by atoms with E-state index in [4.69, 9.17) is 11.6 Å². The lowest BCUT2D eigenvalue weighted by Crippen LogP contribution is -2.47. The monoisotopic (exact) mass is 337 g/mol. The van der Waals surface area contributed by atoms with Crippen molar-refractivity contribution < 1.29 is 9.50 Å². The summed E-state index contributed by atoms with van der Waals surface area (Å²) < 4.78 is 13.2. The molecule has 4 nitrogen and oxygen atoms in total. The normalized spacial score (nSPS) is 18.0. The van der Waals surface area contributed by atoms with Crippen LogP contribution in [0.15, 0.2) is 42.1 Å². The Kier molecular flexibility index (Phi) is 4.39. The van der Waals surface area contributed by atoms with Crippen LogP contribution in [-0.2, 0) is 6.54 Å². The zero-order valence-corrected chi connectivity index (χ0v) is 14.1. The molecule has 0 saturated heterocycles. The van der Waals surface area contributed by atoms with E-state index >= 15 is 0 Å². The van der Waals surface area contributed by atoms with Crippen LogP contribution >= 0.6 is 11.6 Å². The van der Waals surface area contributed by atoms with Gasteiger partial charge in [0.25, 0.3) is 0 Å². The first-order chi connectivity index (χ1) is 10.9. The molecule has 124 valence electrons. The van der Waals surface area contributed by atoms with E-state index in [-0.39, 0.29) is 10.8 Å². The van der Waals surface area contributed by atoms with Gasteiger partial charge in [-0.3, -0.25) is 0 Å². The lowest BCUT2D eigenvalue weighted by molar-refractivity contribution is 0.120. The van der Waals surface area contributed by atoms with Crippen LogP contribution in [0.25, 0.3) is 0 Å². The minimum atomic E-state index is -0.403. The fraction of sp³-hybridized carbons (Fsp3) is 0.412. The van der Waals surface area contributed by atoms with Crippen LogP contribution in [0.2, 0.25) is 5.02 Å². The Morgan fingerprint density at radius 3 is 2.74 bits per heavy atom. The molecular weight excluding hydrogens is 317 g/mol. The van der Waals surface area contributed by atoms with Gasteiger partial charge in [-0.25, -0.2) is 4.39 Å². The van der Waals surface area contributed by atoms with Crippen molar-refractivity contribution in [1.82, 2.24) is 14.7 Å². The first-order valence-corrected chi connectivity index (χ1v) is 8.13. The minimum Gasteiger partial charge on any atom is -0.504 e. The number of benzene rings is 1. The second-order valence-corrected chi connectivity index (χ2v) is 6.67. The quantitative estimate of drug-likeness (QED) is 0.914. The maximum atomic E-state index is 13.2. The number of rotatable bonds is 3. The second kappa shape index (κ2) is 6.32. The van der Waals surface area contributed by atoms with E-state index in [1.165, 1.54) is 6.07 Å². The molecule has 23 heavy (non-hydrogen) atoms. The third kappa shape index (κ3) is 3.39. The minimum absolute atomic E-state index is 0.141. The lowest BCUT2D eigenvalue weighted by atomic mass is 10.1. The van der Waals surface area contributed by atoms with E-state index in [0.29, 0.717) is 12.6 Å². The van der Waals surface area contributed by atoms with E-state index < -0.39 is 5.82 Å². The molecule has 0 bridgehead atoms. The molecule has 0 aliphatic carbocycles. The van der Waals surface area contributed by atoms with Crippen LogP contribution in [0.5, 0.6) is 0 Å². The predicted molar refractivity (Wildman–Crippen MR) is 89.2 cm³/mol. The van der Waals surface area contributed by atoms with Crippen molar-refractivity contribution in [3.05, 3.63) is 58.5 Å². The fourth-order valence-corrected chi connectivity index (χ4v) is 3.04. The van der Waals surface area contributed by atoms with E-state index in [1.54, 1.807) is 18.3 Å². The molecular formula is C17H21ClFN3O. The Hall–Kier alpha value is -1.88. The van der Waals surface area contributed by atoms with Gasteiger partial charge in [0.05, 0.1) is 17.4 Å². The molecule has 6 heteroatoms. The van der Waals surface area contributed by atoms with Gasteiger partial charge in [-0.15, -0.1) is 0 Å². The van der Waals surface area contributed by atoms with E-state index in [9.17, 15) is 9.50 Å². The van der Waals surface area contributed by atoms with Gasteiger partial charge in [0, 0.05) is 38.1 Å². The summed E-state index contributed by atoms with van der Waals surface area (Å²) >= 11 is 5.84. The Balaban J connectivity index is 1.77. The second-order valence-electron chi connectivity index (χ2n) is 6.26. The highest BCUT2D eigenvalue weighted by atomic mass is 35.5. The highest BCUT2D eigenvalue weighted by molar-refractivity contribution is 6.30. The summed E-state index contributed by atoms with van der Waals surface area (Å²) in [7, 11) is 0. The van der Waals surface area contributed by atoms with Gasteiger partial charge in [-0.1, -0.05) is 17.7 Å².